The van der Waals surface area contributed by atoms with Gasteiger partial charge in [0.25, 0.3) is 5.91 Å². The van der Waals surface area contributed by atoms with Crippen molar-refractivity contribution in [3.05, 3.63) is 112 Å². The Balaban J connectivity index is 1.40. The van der Waals surface area contributed by atoms with Crippen molar-refractivity contribution < 1.29 is 18.0 Å². The lowest BCUT2D eigenvalue weighted by Gasteiger charge is -2.36. The van der Waals surface area contributed by atoms with Crippen LogP contribution in [-0.4, -0.2) is 47.0 Å². The molecular weight excluding hydrogens is 501 g/mol. The molecule has 0 radical (unpaired) electrons. The van der Waals surface area contributed by atoms with E-state index in [1.54, 1.807) is 4.90 Å². The highest BCUT2D eigenvalue weighted by atomic mass is 19.4. The van der Waals surface area contributed by atoms with E-state index in [-0.39, 0.29) is 11.5 Å². The van der Waals surface area contributed by atoms with Crippen LogP contribution in [0.1, 0.15) is 38.3 Å². The van der Waals surface area contributed by atoms with E-state index in [0.29, 0.717) is 38.4 Å². The van der Waals surface area contributed by atoms with Gasteiger partial charge in [0.1, 0.15) is 5.82 Å². The lowest BCUT2D eigenvalue weighted by Crippen LogP contribution is -2.49. The largest absolute Gasteiger partial charge is 0.416 e. The lowest BCUT2D eigenvalue weighted by atomic mass is 10.0. The second-order valence-electron chi connectivity index (χ2n) is 9.82. The predicted molar refractivity (Wildman–Crippen MR) is 146 cm³/mol. The van der Waals surface area contributed by atoms with Crippen molar-refractivity contribution in [2.75, 3.05) is 31.1 Å². The van der Waals surface area contributed by atoms with Gasteiger partial charge < -0.3 is 9.80 Å². The van der Waals surface area contributed by atoms with Crippen molar-refractivity contribution in [1.29, 1.82) is 0 Å². The van der Waals surface area contributed by atoms with Gasteiger partial charge in [0.05, 0.1) is 5.56 Å². The third-order valence-electron chi connectivity index (χ3n) is 7.02. The number of hydrogen-bond donors (Lipinski definition) is 0. The summed E-state index contributed by atoms with van der Waals surface area (Å²) >= 11 is 0. The minimum atomic E-state index is -4.43. The number of rotatable bonds is 5. The maximum atomic E-state index is 13.0. The number of carbonyl (C=O) groups is 1. The van der Waals surface area contributed by atoms with Gasteiger partial charge >= 0.3 is 6.18 Å². The highest BCUT2D eigenvalue weighted by molar-refractivity contribution is 5.94. The number of halogens is 3. The molecule has 0 bridgehead atoms. The monoisotopic (exact) mass is 530 g/mol. The maximum Gasteiger partial charge on any atom is 0.416 e. The van der Waals surface area contributed by atoms with Gasteiger partial charge in [-0.05, 0) is 49.7 Å². The third-order valence-corrected chi connectivity index (χ3v) is 7.02. The molecule has 4 aromatic rings. The van der Waals surface area contributed by atoms with Crippen molar-refractivity contribution in [2.45, 2.75) is 26.4 Å². The first-order valence-corrected chi connectivity index (χ1v) is 12.9. The first-order chi connectivity index (χ1) is 18.7. The third kappa shape index (κ3) is 5.95. The van der Waals surface area contributed by atoms with Gasteiger partial charge in [-0.1, -0.05) is 54.1 Å². The number of amides is 1. The molecule has 0 N–H and O–H groups in total. The van der Waals surface area contributed by atoms with E-state index >= 15 is 0 Å². The summed E-state index contributed by atoms with van der Waals surface area (Å²) in [6.45, 7) is 6.03. The number of aryl methyl sites for hydroxylation is 2. The number of anilines is 1. The first kappa shape index (κ1) is 26.4. The van der Waals surface area contributed by atoms with Crippen LogP contribution in [0.15, 0.2) is 78.9 Å². The summed E-state index contributed by atoms with van der Waals surface area (Å²) in [4.78, 5) is 26.8. The highest BCUT2D eigenvalue weighted by Gasteiger charge is 2.31. The minimum Gasteiger partial charge on any atom is -0.353 e. The smallest absolute Gasteiger partial charge is 0.353 e. The number of piperazine rings is 1. The summed E-state index contributed by atoms with van der Waals surface area (Å²) in [5.74, 6) is 1.24. The molecule has 8 heteroatoms. The molecule has 0 aliphatic carbocycles. The molecule has 1 aliphatic rings. The second kappa shape index (κ2) is 10.9. The fourth-order valence-electron chi connectivity index (χ4n) is 4.87. The van der Waals surface area contributed by atoms with Crippen molar-refractivity contribution in [3.8, 4) is 11.4 Å². The Kier molecular flexibility index (Phi) is 7.37. The van der Waals surface area contributed by atoms with Crippen molar-refractivity contribution in [3.63, 3.8) is 0 Å². The first-order valence-electron chi connectivity index (χ1n) is 12.9. The van der Waals surface area contributed by atoms with E-state index in [1.807, 2.05) is 50.2 Å². The zero-order valence-electron chi connectivity index (χ0n) is 21.9. The van der Waals surface area contributed by atoms with Crippen molar-refractivity contribution in [2.24, 2.45) is 0 Å². The zero-order chi connectivity index (χ0) is 27.6. The molecule has 39 heavy (non-hydrogen) atoms. The molecule has 0 atom stereocenters. The van der Waals surface area contributed by atoms with Gasteiger partial charge in [0.15, 0.2) is 5.82 Å². The van der Waals surface area contributed by atoms with Gasteiger partial charge in [-0.15, -0.1) is 0 Å². The number of benzene rings is 3. The average Bonchev–Trinajstić information content (AvgIpc) is 2.94. The standard InChI is InChI=1S/C31H29F3N4O/c1-21-7-6-10-25(19-21)28-35-22(2)27(20-23-8-4-3-5-9-23)29(36-28)37-15-17-38(18-16-37)30(39)24-11-13-26(14-12-24)31(32,33)34/h3-14,19H,15-18,20H2,1-2H3. The van der Waals surface area contributed by atoms with Crippen LogP contribution in [0.3, 0.4) is 0 Å². The molecule has 200 valence electrons. The number of carbonyl (C=O) groups excluding carboxylic acids is 1. The van der Waals surface area contributed by atoms with Crippen LogP contribution in [-0.2, 0) is 12.6 Å². The summed E-state index contributed by atoms with van der Waals surface area (Å²) < 4.78 is 38.8. The van der Waals surface area contributed by atoms with Gasteiger partial charge in [-0.3, -0.25) is 4.79 Å². The summed E-state index contributed by atoms with van der Waals surface area (Å²) in [6, 6.07) is 22.7. The van der Waals surface area contributed by atoms with E-state index in [9.17, 15) is 18.0 Å². The number of hydrogen-bond acceptors (Lipinski definition) is 4. The molecule has 5 rings (SSSR count). The minimum absolute atomic E-state index is 0.251. The van der Waals surface area contributed by atoms with Crippen LogP contribution >= 0.6 is 0 Å². The molecule has 3 aromatic carbocycles. The molecule has 1 fully saturated rings. The van der Waals surface area contributed by atoms with E-state index in [1.165, 1.54) is 12.1 Å². The van der Waals surface area contributed by atoms with Crippen LogP contribution in [0.4, 0.5) is 19.0 Å². The Hall–Kier alpha value is -4.20. The average molecular weight is 531 g/mol. The van der Waals surface area contributed by atoms with Crippen LogP contribution in [0, 0.1) is 13.8 Å². The molecule has 1 aromatic heterocycles. The SMILES string of the molecule is Cc1cccc(-c2nc(C)c(Cc3ccccc3)c(N3CCN(C(=O)c4ccc(C(F)(F)F)cc4)CC3)n2)c1. The molecule has 2 heterocycles. The van der Waals surface area contributed by atoms with Gasteiger partial charge in [0, 0.05) is 55.0 Å². The quantitative estimate of drug-likeness (QED) is 0.303. The van der Waals surface area contributed by atoms with Crippen LogP contribution in [0.2, 0.25) is 0 Å². The Morgan fingerprint density at radius 3 is 2.18 bits per heavy atom. The molecule has 0 spiro atoms. The molecule has 1 aliphatic heterocycles. The summed E-state index contributed by atoms with van der Waals surface area (Å²) in [5.41, 5.74) is 4.66. The Morgan fingerprint density at radius 2 is 1.54 bits per heavy atom. The van der Waals surface area contributed by atoms with Gasteiger partial charge in [-0.2, -0.15) is 13.2 Å². The van der Waals surface area contributed by atoms with E-state index < -0.39 is 11.7 Å². The van der Waals surface area contributed by atoms with Crippen LogP contribution in [0.25, 0.3) is 11.4 Å². The Bertz CT molecular complexity index is 1460. The zero-order valence-corrected chi connectivity index (χ0v) is 21.9. The lowest BCUT2D eigenvalue weighted by molar-refractivity contribution is -0.137. The van der Waals surface area contributed by atoms with E-state index in [2.05, 4.69) is 23.1 Å². The fraction of sp³-hybridized carbons (Fsp3) is 0.258. The molecular formula is C31H29F3N4O. The molecule has 5 nitrogen and oxygen atoms in total. The van der Waals surface area contributed by atoms with Crippen molar-refractivity contribution >= 4 is 11.7 Å². The van der Waals surface area contributed by atoms with Crippen LogP contribution in [0.5, 0.6) is 0 Å². The highest BCUT2D eigenvalue weighted by Crippen LogP contribution is 2.30. The number of nitrogens with zero attached hydrogens (tertiary/aromatic N) is 4. The topological polar surface area (TPSA) is 49.3 Å². The predicted octanol–water partition coefficient (Wildman–Crippen LogP) is 6.33. The fourth-order valence-corrected chi connectivity index (χ4v) is 4.87. The summed E-state index contributed by atoms with van der Waals surface area (Å²) in [5, 5.41) is 0. The second-order valence-corrected chi connectivity index (χ2v) is 9.82. The van der Waals surface area contributed by atoms with Crippen molar-refractivity contribution in [1.82, 2.24) is 14.9 Å². The van der Waals surface area contributed by atoms with Gasteiger partial charge in [-0.25, -0.2) is 9.97 Å². The molecule has 0 unspecified atom stereocenters. The van der Waals surface area contributed by atoms with E-state index in [0.717, 1.165) is 45.9 Å². The molecule has 1 amide bonds. The Morgan fingerprint density at radius 1 is 0.846 bits per heavy atom. The maximum absolute atomic E-state index is 13.0. The Labute approximate surface area is 225 Å². The molecule has 1 saturated heterocycles. The summed E-state index contributed by atoms with van der Waals surface area (Å²) in [7, 11) is 0. The number of alkyl halides is 3. The van der Waals surface area contributed by atoms with E-state index in [4.69, 9.17) is 9.97 Å². The van der Waals surface area contributed by atoms with Gasteiger partial charge in [0.2, 0.25) is 0 Å². The normalized spacial score (nSPS) is 14.0. The van der Waals surface area contributed by atoms with Crippen LogP contribution < -0.4 is 4.90 Å². The number of aromatic nitrogens is 2. The summed E-state index contributed by atoms with van der Waals surface area (Å²) in [6.07, 6.45) is -3.75. The molecule has 0 saturated carbocycles.